The summed E-state index contributed by atoms with van der Waals surface area (Å²) in [6.07, 6.45) is 3.31. The van der Waals surface area contributed by atoms with Crippen molar-refractivity contribution in [3.63, 3.8) is 0 Å². The van der Waals surface area contributed by atoms with Crippen LogP contribution in [-0.2, 0) is 11.2 Å². The van der Waals surface area contributed by atoms with Crippen molar-refractivity contribution in [3.8, 4) is 0 Å². The molecular formula is C22H25ClFN3O2. The van der Waals surface area contributed by atoms with Crippen molar-refractivity contribution in [2.45, 2.75) is 25.7 Å². The Hall–Kier alpha value is -2.60. The maximum atomic E-state index is 13.3. The highest BCUT2D eigenvalue weighted by Gasteiger charge is 2.34. The van der Waals surface area contributed by atoms with E-state index < -0.39 is 0 Å². The fourth-order valence-corrected chi connectivity index (χ4v) is 4.24. The predicted molar refractivity (Wildman–Crippen MR) is 114 cm³/mol. The zero-order chi connectivity index (χ0) is 19.7. The number of benzene rings is 2. The molecule has 0 radical (unpaired) electrons. The number of fused-ring (bicyclic) bond motifs is 1. The molecule has 154 valence electrons. The average molecular weight is 418 g/mol. The van der Waals surface area contributed by atoms with Crippen molar-refractivity contribution in [2.24, 2.45) is 5.92 Å². The van der Waals surface area contributed by atoms with Gasteiger partial charge in [0.05, 0.1) is 5.92 Å². The quantitative estimate of drug-likeness (QED) is 0.758. The monoisotopic (exact) mass is 417 g/mol. The van der Waals surface area contributed by atoms with Crippen LogP contribution in [0.5, 0.6) is 0 Å². The Morgan fingerprint density at radius 2 is 1.79 bits per heavy atom. The molecule has 2 aromatic rings. The molecule has 4 rings (SSSR count). The molecule has 0 spiro atoms. The van der Waals surface area contributed by atoms with Gasteiger partial charge in [-0.15, -0.1) is 12.4 Å². The summed E-state index contributed by atoms with van der Waals surface area (Å²) in [7, 11) is 0. The zero-order valence-corrected chi connectivity index (χ0v) is 17.0. The van der Waals surface area contributed by atoms with Crippen LogP contribution in [0.3, 0.4) is 0 Å². The van der Waals surface area contributed by atoms with Crippen LogP contribution in [0.2, 0.25) is 0 Å². The molecule has 1 fully saturated rings. The van der Waals surface area contributed by atoms with E-state index >= 15 is 0 Å². The Morgan fingerprint density at radius 1 is 1.03 bits per heavy atom. The van der Waals surface area contributed by atoms with Gasteiger partial charge in [0.25, 0.3) is 5.91 Å². The first-order chi connectivity index (χ1) is 13.5. The van der Waals surface area contributed by atoms with Gasteiger partial charge in [0.1, 0.15) is 5.82 Å². The van der Waals surface area contributed by atoms with E-state index in [2.05, 4.69) is 0 Å². The van der Waals surface area contributed by atoms with Crippen LogP contribution in [0.25, 0.3) is 0 Å². The summed E-state index contributed by atoms with van der Waals surface area (Å²) >= 11 is 0. The maximum absolute atomic E-state index is 13.3. The third-order valence-electron chi connectivity index (χ3n) is 5.70. The molecule has 7 heteroatoms. The van der Waals surface area contributed by atoms with E-state index in [9.17, 15) is 14.0 Å². The maximum Gasteiger partial charge on any atom is 0.253 e. The van der Waals surface area contributed by atoms with Crippen molar-refractivity contribution in [1.82, 2.24) is 4.90 Å². The van der Waals surface area contributed by atoms with Gasteiger partial charge in [-0.3, -0.25) is 9.59 Å². The molecule has 29 heavy (non-hydrogen) atoms. The molecule has 1 saturated heterocycles. The number of nitrogens with zero attached hydrogens (tertiary/aromatic N) is 2. The molecule has 2 aromatic carbocycles. The van der Waals surface area contributed by atoms with E-state index in [1.54, 1.807) is 4.90 Å². The van der Waals surface area contributed by atoms with Gasteiger partial charge in [0.2, 0.25) is 5.91 Å². The van der Waals surface area contributed by atoms with Gasteiger partial charge < -0.3 is 15.5 Å². The molecule has 0 aromatic heterocycles. The Bertz CT molecular complexity index is 903. The summed E-state index contributed by atoms with van der Waals surface area (Å²) in [6, 6.07) is 11.3. The van der Waals surface area contributed by atoms with Gasteiger partial charge in [-0.1, -0.05) is 6.07 Å². The second-order valence-electron chi connectivity index (χ2n) is 7.54. The zero-order valence-electron chi connectivity index (χ0n) is 16.1. The summed E-state index contributed by atoms with van der Waals surface area (Å²) in [5, 5.41) is 0. The number of anilines is 2. The Labute approximate surface area is 176 Å². The van der Waals surface area contributed by atoms with E-state index in [0.29, 0.717) is 25.2 Å². The summed E-state index contributed by atoms with van der Waals surface area (Å²) in [4.78, 5) is 29.6. The molecule has 2 aliphatic heterocycles. The molecule has 2 amide bonds. The lowest BCUT2D eigenvalue weighted by molar-refractivity contribution is -0.123. The van der Waals surface area contributed by atoms with Gasteiger partial charge in [-0.05, 0) is 67.6 Å². The minimum Gasteiger partial charge on any atom is -0.398 e. The molecule has 0 bridgehead atoms. The van der Waals surface area contributed by atoms with Crippen LogP contribution in [0.15, 0.2) is 42.5 Å². The van der Waals surface area contributed by atoms with Gasteiger partial charge in [0.15, 0.2) is 0 Å². The van der Waals surface area contributed by atoms with E-state index in [4.69, 9.17) is 5.73 Å². The second-order valence-corrected chi connectivity index (χ2v) is 7.54. The van der Waals surface area contributed by atoms with Crippen LogP contribution in [-0.4, -0.2) is 36.3 Å². The number of hydrogen-bond donors (Lipinski definition) is 1. The predicted octanol–water partition coefficient (Wildman–Crippen LogP) is 3.66. The highest BCUT2D eigenvalue weighted by molar-refractivity contribution is 5.98. The Balaban J connectivity index is 0.00000240. The van der Waals surface area contributed by atoms with E-state index in [-0.39, 0.29) is 36.0 Å². The number of hydrogen-bond acceptors (Lipinski definition) is 3. The third kappa shape index (κ3) is 4.22. The second kappa shape index (κ2) is 8.82. The SMILES string of the molecule is Cl.Nc1cccc2c1CCCN2C(=O)C1CCCN(C(=O)c2ccc(F)cc2)C1. The lowest BCUT2D eigenvalue weighted by atomic mass is 9.93. The molecule has 2 N–H and O–H groups in total. The molecule has 2 heterocycles. The lowest BCUT2D eigenvalue weighted by Gasteiger charge is -2.37. The average Bonchev–Trinajstić information content (AvgIpc) is 2.73. The first-order valence-corrected chi connectivity index (χ1v) is 9.78. The highest BCUT2D eigenvalue weighted by atomic mass is 35.5. The van der Waals surface area contributed by atoms with Gasteiger partial charge >= 0.3 is 0 Å². The first kappa shape index (κ1) is 21.1. The number of carbonyl (C=O) groups is 2. The number of piperidine rings is 1. The number of nitrogens with two attached hydrogens (primary N) is 1. The number of carbonyl (C=O) groups excluding carboxylic acids is 2. The molecule has 0 saturated carbocycles. The summed E-state index contributed by atoms with van der Waals surface area (Å²) in [6.45, 7) is 1.68. The lowest BCUT2D eigenvalue weighted by Crippen LogP contribution is -2.48. The van der Waals surface area contributed by atoms with Crippen molar-refractivity contribution in [2.75, 3.05) is 30.3 Å². The normalized spacial score (nSPS) is 18.6. The van der Waals surface area contributed by atoms with Crippen LogP contribution < -0.4 is 10.6 Å². The number of amides is 2. The van der Waals surface area contributed by atoms with E-state index in [1.165, 1.54) is 24.3 Å². The van der Waals surface area contributed by atoms with Crippen LogP contribution in [0, 0.1) is 11.7 Å². The van der Waals surface area contributed by atoms with E-state index in [0.717, 1.165) is 42.6 Å². The molecule has 2 aliphatic rings. The van der Waals surface area contributed by atoms with Gasteiger partial charge in [0, 0.05) is 36.6 Å². The molecule has 5 nitrogen and oxygen atoms in total. The summed E-state index contributed by atoms with van der Waals surface area (Å²) < 4.78 is 13.1. The van der Waals surface area contributed by atoms with Crippen LogP contribution >= 0.6 is 12.4 Å². The largest absolute Gasteiger partial charge is 0.398 e. The molecule has 1 unspecified atom stereocenters. The van der Waals surface area contributed by atoms with Crippen molar-refractivity contribution in [1.29, 1.82) is 0 Å². The minimum absolute atomic E-state index is 0. The summed E-state index contributed by atoms with van der Waals surface area (Å²) in [5.41, 5.74) is 9.22. The molecular weight excluding hydrogens is 393 g/mol. The topological polar surface area (TPSA) is 66.6 Å². The standard InChI is InChI=1S/C22H24FN3O2.ClH/c23-17-10-8-15(9-11-17)21(27)25-12-2-4-16(14-25)22(28)26-13-3-5-18-19(24)6-1-7-20(18)26;/h1,6-11,16H,2-5,12-14,24H2;1H. The highest BCUT2D eigenvalue weighted by Crippen LogP contribution is 2.33. The Kier molecular flexibility index (Phi) is 6.42. The van der Waals surface area contributed by atoms with Crippen LogP contribution in [0.1, 0.15) is 35.2 Å². The summed E-state index contributed by atoms with van der Waals surface area (Å²) in [5.74, 6) is -0.694. The van der Waals surface area contributed by atoms with Crippen molar-refractivity contribution < 1.29 is 14.0 Å². The van der Waals surface area contributed by atoms with Crippen molar-refractivity contribution in [3.05, 3.63) is 59.4 Å². The third-order valence-corrected chi connectivity index (χ3v) is 5.70. The van der Waals surface area contributed by atoms with Crippen molar-refractivity contribution >= 4 is 35.6 Å². The minimum atomic E-state index is -0.369. The van der Waals surface area contributed by atoms with E-state index in [1.807, 2.05) is 23.1 Å². The molecule has 1 atom stereocenters. The number of halogens is 2. The number of likely N-dealkylation sites (tertiary alicyclic amines) is 1. The number of nitrogen functional groups attached to an aromatic ring is 1. The smallest absolute Gasteiger partial charge is 0.253 e. The first-order valence-electron chi connectivity index (χ1n) is 9.78. The van der Waals surface area contributed by atoms with Crippen LogP contribution in [0.4, 0.5) is 15.8 Å². The van der Waals surface area contributed by atoms with Gasteiger partial charge in [-0.25, -0.2) is 4.39 Å². The molecule has 0 aliphatic carbocycles. The fraction of sp³-hybridized carbons (Fsp3) is 0.364. The number of rotatable bonds is 2. The Morgan fingerprint density at radius 3 is 2.55 bits per heavy atom. The fourth-order valence-electron chi connectivity index (χ4n) is 4.24. The van der Waals surface area contributed by atoms with Gasteiger partial charge in [-0.2, -0.15) is 0 Å².